The Hall–Kier alpha value is -3.98. The van der Waals surface area contributed by atoms with Crippen LogP contribution in [-0.4, -0.2) is 30.4 Å². The molecule has 5 rings (SSSR count). The third-order valence-corrected chi connectivity index (χ3v) is 7.54. The summed E-state index contributed by atoms with van der Waals surface area (Å²) >= 11 is 0. The van der Waals surface area contributed by atoms with Crippen LogP contribution in [0.1, 0.15) is 24.7 Å². The zero-order chi connectivity index (χ0) is 24.7. The Kier molecular flexibility index (Phi) is 5.64. The van der Waals surface area contributed by atoms with Crippen molar-refractivity contribution >= 4 is 38.2 Å². The number of aromatic nitrogens is 2. The fraction of sp³-hybridized carbons (Fsp3) is 0.192. The molecule has 0 radical (unpaired) electrons. The number of nitrogens with zero attached hydrogens (tertiary/aromatic N) is 3. The van der Waals surface area contributed by atoms with Gasteiger partial charge in [-0.15, -0.1) is 0 Å². The molecule has 1 aromatic heterocycles. The van der Waals surface area contributed by atoms with E-state index in [1.807, 2.05) is 30.3 Å². The Morgan fingerprint density at radius 2 is 1.80 bits per heavy atom. The molecule has 0 unspecified atom stereocenters. The van der Waals surface area contributed by atoms with E-state index < -0.39 is 10.0 Å². The molecule has 0 spiro atoms. The lowest BCUT2D eigenvalue weighted by Gasteiger charge is -2.28. The molecule has 2 heterocycles. The molecule has 4 aromatic rings. The molecule has 0 bridgehead atoms. The lowest BCUT2D eigenvalue weighted by Crippen LogP contribution is -2.33. The number of amides is 1. The van der Waals surface area contributed by atoms with E-state index in [9.17, 15) is 18.0 Å². The van der Waals surface area contributed by atoms with E-state index >= 15 is 0 Å². The van der Waals surface area contributed by atoms with Gasteiger partial charge in [-0.3, -0.25) is 18.9 Å². The van der Waals surface area contributed by atoms with Crippen molar-refractivity contribution < 1.29 is 13.2 Å². The predicted molar refractivity (Wildman–Crippen MR) is 136 cm³/mol. The minimum atomic E-state index is -3.92. The fourth-order valence-electron chi connectivity index (χ4n) is 4.52. The standard InChI is InChI=1S/C26H24N4O4S/c1-17-27-24-12-10-20(16-23(24)26(32)30(17)21-8-4-3-5-9-21)28-35(33,34)22-11-13-25-19(15-22)7-6-14-29(25)18(2)31/h3-5,8-13,15-16,28H,6-7,14H2,1-2H3. The quantitative estimate of drug-likeness (QED) is 0.471. The topological polar surface area (TPSA) is 101 Å². The Morgan fingerprint density at radius 1 is 1.03 bits per heavy atom. The van der Waals surface area contributed by atoms with Crippen LogP contribution in [0.4, 0.5) is 11.4 Å². The first-order valence-electron chi connectivity index (χ1n) is 11.3. The van der Waals surface area contributed by atoms with Gasteiger partial charge in [0.25, 0.3) is 15.6 Å². The predicted octanol–water partition coefficient (Wildman–Crippen LogP) is 3.79. The maximum absolute atomic E-state index is 13.3. The summed E-state index contributed by atoms with van der Waals surface area (Å²) in [6.07, 6.45) is 1.47. The third kappa shape index (κ3) is 4.19. The number of rotatable bonds is 4. The van der Waals surface area contributed by atoms with Crippen LogP contribution in [0.5, 0.6) is 0 Å². The zero-order valence-electron chi connectivity index (χ0n) is 19.4. The molecule has 9 heteroatoms. The van der Waals surface area contributed by atoms with Crippen LogP contribution in [0.2, 0.25) is 0 Å². The lowest BCUT2D eigenvalue weighted by molar-refractivity contribution is -0.116. The van der Waals surface area contributed by atoms with Crippen molar-refractivity contribution in [1.29, 1.82) is 0 Å². The summed E-state index contributed by atoms with van der Waals surface area (Å²) in [6.45, 7) is 3.88. The molecule has 1 N–H and O–H groups in total. The van der Waals surface area contributed by atoms with Crippen molar-refractivity contribution in [1.82, 2.24) is 9.55 Å². The maximum Gasteiger partial charge on any atom is 0.266 e. The van der Waals surface area contributed by atoms with Crippen molar-refractivity contribution in [3.05, 3.63) is 88.5 Å². The van der Waals surface area contributed by atoms with Crippen LogP contribution in [-0.2, 0) is 21.2 Å². The Morgan fingerprint density at radius 3 is 2.54 bits per heavy atom. The third-order valence-electron chi connectivity index (χ3n) is 6.16. The minimum Gasteiger partial charge on any atom is -0.312 e. The molecule has 1 amide bonds. The van der Waals surface area contributed by atoms with Crippen molar-refractivity contribution in [2.75, 3.05) is 16.2 Å². The molecule has 0 aliphatic carbocycles. The number of hydrogen-bond donors (Lipinski definition) is 1. The van der Waals surface area contributed by atoms with Gasteiger partial charge in [0.1, 0.15) is 5.82 Å². The molecule has 0 atom stereocenters. The van der Waals surface area contributed by atoms with E-state index in [4.69, 9.17) is 0 Å². The molecule has 178 valence electrons. The smallest absolute Gasteiger partial charge is 0.266 e. The van der Waals surface area contributed by atoms with Gasteiger partial charge in [-0.25, -0.2) is 13.4 Å². The van der Waals surface area contributed by atoms with Gasteiger partial charge >= 0.3 is 0 Å². The number of fused-ring (bicyclic) bond motifs is 2. The number of benzene rings is 3. The highest BCUT2D eigenvalue weighted by Crippen LogP contribution is 2.30. The van der Waals surface area contributed by atoms with Gasteiger partial charge in [0.2, 0.25) is 5.91 Å². The second-order valence-corrected chi connectivity index (χ2v) is 10.2. The first-order chi connectivity index (χ1) is 16.7. The summed E-state index contributed by atoms with van der Waals surface area (Å²) in [4.78, 5) is 31.5. The summed E-state index contributed by atoms with van der Waals surface area (Å²) in [5.74, 6) is 0.469. The molecule has 1 aliphatic rings. The number of sulfonamides is 1. The van der Waals surface area contributed by atoms with Crippen LogP contribution < -0.4 is 15.2 Å². The van der Waals surface area contributed by atoms with Gasteiger partial charge in [-0.2, -0.15) is 0 Å². The zero-order valence-corrected chi connectivity index (χ0v) is 20.2. The van der Waals surface area contributed by atoms with E-state index in [1.165, 1.54) is 23.6 Å². The molecule has 0 fully saturated rings. The van der Waals surface area contributed by atoms with Gasteiger partial charge in [0.15, 0.2) is 0 Å². The maximum atomic E-state index is 13.3. The van der Waals surface area contributed by atoms with E-state index in [1.54, 1.807) is 36.1 Å². The lowest BCUT2D eigenvalue weighted by atomic mass is 10.0. The van der Waals surface area contributed by atoms with E-state index in [2.05, 4.69) is 9.71 Å². The summed E-state index contributed by atoms with van der Waals surface area (Å²) in [5, 5.41) is 0.308. The van der Waals surface area contributed by atoms with Crippen molar-refractivity contribution in [2.24, 2.45) is 0 Å². The summed E-state index contributed by atoms with van der Waals surface area (Å²) in [7, 11) is -3.92. The molecule has 3 aromatic carbocycles. The second kappa shape index (κ2) is 8.66. The number of anilines is 2. The van der Waals surface area contributed by atoms with E-state index in [0.717, 1.165) is 17.7 Å². The summed E-state index contributed by atoms with van der Waals surface area (Å²) in [6, 6.07) is 18.7. The van der Waals surface area contributed by atoms with Crippen LogP contribution in [0.25, 0.3) is 16.6 Å². The van der Waals surface area contributed by atoms with Crippen LogP contribution in [0, 0.1) is 6.92 Å². The average Bonchev–Trinajstić information content (AvgIpc) is 2.84. The van der Waals surface area contributed by atoms with Crippen LogP contribution >= 0.6 is 0 Å². The van der Waals surface area contributed by atoms with Crippen molar-refractivity contribution in [3.8, 4) is 5.69 Å². The fourth-order valence-corrected chi connectivity index (χ4v) is 5.62. The van der Waals surface area contributed by atoms with Crippen molar-refractivity contribution in [3.63, 3.8) is 0 Å². The highest BCUT2D eigenvalue weighted by molar-refractivity contribution is 7.92. The van der Waals surface area contributed by atoms with E-state index in [0.29, 0.717) is 35.4 Å². The molecule has 1 aliphatic heterocycles. The number of para-hydroxylation sites is 1. The first kappa shape index (κ1) is 22.8. The number of carbonyl (C=O) groups excluding carboxylic acids is 1. The minimum absolute atomic E-state index is 0.0687. The van der Waals surface area contributed by atoms with Gasteiger partial charge in [-0.1, -0.05) is 18.2 Å². The monoisotopic (exact) mass is 488 g/mol. The Balaban J connectivity index is 1.52. The summed E-state index contributed by atoms with van der Waals surface area (Å²) < 4.78 is 30.4. The van der Waals surface area contributed by atoms with Gasteiger partial charge in [-0.05, 0) is 73.9 Å². The molecule has 0 saturated carbocycles. The molecular weight excluding hydrogens is 464 g/mol. The molecule has 0 saturated heterocycles. The highest BCUT2D eigenvalue weighted by atomic mass is 32.2. The number of aryl methyl sites for hydroxylation is 2. The Labute approximate surface area is 202 Å². The van der Waals surface area contributed by atoms with Crippen LogP contribution in [0.15, 0.2) is 76.4 Å². The largest absolute Gasteiger partial charge is 0.312 e. The molecule has 35 heavy (non-hydrogen) atoms. The van der Waals surface area contributed by atoms with Gasteiger partial charge < -0.3 is 4.90 Å². The molecule has 8 nitrogen and oxygen atoms in total. The summed E-state index contributed by atoms with van der Waals surface area (Å²) in [5.41, 5.74) is 2.72. The van der Waals surface area contributed by atoms with Crippen molar-refractivity contribution in [2.45, 2.75) is 31.6 Å². The normalized spacial score (nSPS) is 13.5. The van der Waals surface area contributed by atoms with Gasteiger partial charge in [0.05, 0.1) is 21.5 Å². The number of nitrogens with one attached hydrogen (secondary N) is 1. The van der Waals surface area contributed by atoms with Gasteiger partial charge in [0, 0.05) is 24.8 Å². The SMILES string of the molecule is CC(=O)N1CCCc2cc(S(=O)(=O)Nc3ccc4nc(C)n(-c5ccccc5)c(=O)c4c3)ccc21. The molecular formula is C26H24N4O4S. The Bertz CT molecular complexity index is 1630. The highest BCUT2D eigenvalue weighted by Gasteiger charge is 2.23. The number of carbonyl (C=O) groups is 1. The second-order valence-electron chi connectivity index (χ2n) is 8.54. The average molecular weight is 489 g/mol. The van der Waals surface area contributed by atoms with E-state index in [-0.39, 0.29) is 22.0 Å². The van der Waals surface area contributed by atoms with Crippen LogP contribution in [0.3, 0.4) is 0 Å². The number of hydrogen-bond acceptors (Lipinski definition) is 5. The first-order valence-corrected chi connectivity index (χ1v) is 12.8.